The highest BCUT2D eigenvalue weighted by atomic mass is 35.5. The van der Waals surface area contributed by atoms with Crippen molar-refractivity contribution >= 4 is 24.0 Å². The van der Waals surface area contributed by atoms with E-state index in [1.165, 1.54) is 0 Å². The molecule has 2 nitrogen and oxygen atoms in total. The molecule has 0 fully saturated rings. The van der Waals surface area contributed by atoms with Crippen LogP contribution in [0.4, 0.5) is 0 Å². The number of benzene rings is 2. The first-order chi connectivity index (χ1) is 9.65. The zero-order chi connectivity index (χ0) is 14.4. The van der Waals surface area contributed by atoms with Crippen molar-refractivity contribution < 1.29 is 4.74 Å². The Morgan fingerprint density at radius 1 is 1.05 bits per heavy atom. The van der Waals surface area contributed by atoms with Crippen molar-refractivity contribution in [2.45, 2.75) is 33.0 Å². The number of hydrogen-bond acceptors (Lipinski definition) is 2. The monoisotopic (exact) mass is 325 g/mol. The van der Waals surface area contributed by atoms with Crippen molar-refractivity contribution in [3.63, 3.8) is 0 Å². The summed E-state index contributed by atoms with van der Waals surface area (Å²) in [7, 11) is 0. The summed E-state index contributed by atoms with van der Waals surface area (Å²) in [5.41, 5.74) is 2.30. The van der Waals surface area contributed by atoms with E-state index < -0.39 is 0 Å². The molecule has 0 atom stereocenters. The molecule has 0 saturated carbocycles. The van der Waals surface area contributed by atoms with E-state index in [1.54, 1.807) is 0 Å². The van der Waals surface area contributed by atoms with Crippen LogP contribution in [0.2, 0.25) is 5.02 Å². The maximum Gasteiger partial charge on any atom is 0.138 e. The van der Waals surface area contributed by atoms with Crippen LogP contribution < -0.4 is 10.1 Å². The predicted molar refractivity (Wildman–Crippen MR) is 91.4 cm³/mol. The van der Waals surface area contributed by atoms with Gasteiger partial charge in [-0.25, -0.2) is 0 Å². The molecule has 1 N–H and O–H groups in total. The van der Waals surface area contributed by atoms with Crippen molar-refractivity contribution in [3.8, 4) is 5.75 Å². The van der Waals surface area contributed by atoms with Crippen LogP contribution >= 0.6 is 24.0 Å². The molecule has 0 spiro atoms. The van der Waals surface area contributed by atoms with Crippen LogP contribution in [0.15, 0.2) is 48.5 Å². The van der Waals surface area contributed by atoms with Gasteiger partial charge in [-0.2, -0.15) is 0 Å². The first-order valence-electron chi connectivity index (χ1n) is 6.83. The Bertz CT molecular complexity index is 544. The maximum atomic E-state index is 6.26. The van der Waals surface area contributed by atoms with Gasteiger partial charge in [0.25, 0.3) is 0 Å². The van der Waals surface area contributed by atoms with Gasteiger partial charge in [0.1, 0.15) is 12.4 Å². The van der Waals surface area contributed by atoms with Gasteiger partial charge in [-0.15, -0.1) is 12.4 Å². The van der Waals surface area contributed by atoms with E-state index in [2.05, 4.69) is 19.2 Å². The minimum atomic E-state index is 0. The Balaban J connectivity index is 0.00000220. The second kappa shape index (κ2) is 8.93. The van der Waals surface area contributed by atoms with E-state index in [0.717, 1.165) is 23.4 Å². The van der Waals surface area contributed by atoms with Crippen LogP contribution in [0.25, 0.3) is 0 Å². The standard InChI is InChI=1S/C17H20ClNO.ClH/c1-13(2)19-11-15-8-9-17(16(18)10-15)20-12-14-6-4-3-5-7-14;/h3-10,13,19H,11-12H2,1-2H3;1H. The van der Waals surface area contributed by atoms with Crippen molar-refractivity contribution in [1.29, 1.82) is 0 Å². The molecular formula is C17H21Cl2NO. The lowest BCUT2D eigenvalue weighted by Crippen LogP contribution is -2.21. The molecule has 0 aliphatic rings. The largest absolute Gasteiger partial charge is 0.487 e. The average molecular weight is 326 g/mol. The Hall–Kier alpha value is -1.22. The molecule has 2 aromatic rings. The number of halogens is 2. The summed E-state index contributed by atoms with van der Waals surface area (Å²) in [6.45, 7) is 5.60. The highest BCUT2D eigenvalue weighted by molar-refractivity contribution is 6.32. The Kier molecular flexibility index (Phi) is 7.58. The Morgan fingerprint density at radius 2 is 1.76 bits per heavy atom. The molecule has 0 aliphatic heterocycles. The molecule has 0 saturated heterocycles. The Labute approximate surface area is 137 Å². The molecule has 2 rings (SSSR count). The molecule has 0 radical (unpaired) electrons. The van der Waals surface area contributed by atoms with Crippen LogP contribution in [-0.2, 0) is 13.2 Å². The molecule has 0 heterocycles. The molecule has 21 heavy (non-hydrogen) atoms. The SMILES string of the molecule is CC(C)NCc1ccc(OCc2ccccc2)c(Cl)c1.Cl. The summed E-state index contributed by atoms with van der Waals surface area (Å²) in [5, 5.41) is 4.02. The zero-order valence-corrected chi connectivity index (χ0v) is 13.9. The number of nitrogens with one attached hydrogen (secondary N) is 1. The fourth-order valence-electron chi connectivity index (χ4n) is 1.83. The predicted octanol–water partition coefficient (Wildman–Crippen LogP) is 4.84. The number of hydrogen-bond donors (Lipinski definition) is 1. The van der Waals surface area contributed by atoms with E-state index in [1.807, 2.05) is 48.5 Å². The lowest BCUT2D eigenvalue weighted by Gasteiger charge is -2.11. The molecule has 0 bridgehead atoms. The van der Waals surface area contributed by atoms with Gasteiger partial charge in [0.05, 0.1) is 5.02 Å². The normalized spacial score (nSPS) is 10.3. The minimum Gasteiger partial charge on any atom is -0.487 e. The highest BCUT2D eigenvalue weighted by Gasteiger charge is 2.04. The van der Waals surface area contributed by atoms with Crippen LogP contribution in [-0.4, -0.2) is 6.04 Å². The third-order valence-electron chi connectivity index (χ3n) is 2.95. The van der Waals surface area contributed by atoms with Crippen molar-refractivity contribution in [3.05, 3.63) is 64.7 Å². The van der Waals surface area contributed by atoms with Gasteiger partial charge in [0, 0.05) is 12.6 Å². The van der Waals surface area contributed by atoms with Crippen molar-refractivity contribution in [1.82, 2.24) is 5.32 Å². The summed E-state index contributed by atoms with van der Waals surface area (Å²) in [6.07, 6.45) is 0. The molecule has 4 heteroatoms. The molecule has 0 unspecified atom stereocenters. The quantitative estimate of drug-likeness (QED) is 0.820. The van der Waals surface area contributed by atoms with E-state index in [0.29, 0.717) is 17.7 Å². The van der Waals surface area contributed by atoms with Crippen molar-refractivity contribution in [2.75, 3.05) is 0 Å². The van der Waals surface area contributed by atoms with Gasteiger partial charge >= 0.3 is 0 Å². The van der Waals surface area contributed by atoms with E-state index in [-0.39, 0.29) is 12.4 Å². The molecule has 0 aromatic heterocycles. The van der Waals surface area contributed by atoms with E-state index >= 15 is 0 Å². The van der Waals surface area contributed by atoms with E-state index in [9.17, 15) is 0 Å². The maximum absolute atomic E-state index is 6.26. The first kappa shape index (κ1) is 17.8. The second-order valence-corrected chi connectivity index (χ2v) is 5.48. The van der Waals surface area contributed by atoms with Gasteiger partial charge in [-0.1, -0.05) is 61.8 Å². The lowest BCUT2D eigenvalue weighted by molar-refractivity contribution is 0.306. The molecule has 0 aliphatic carbocycles. The topological polar surface area (TPSA) is 21.3 Å². The van der Waals surface area contributed by atoms with Crippen LogP contribution in [0.1, 0.15) is 25.0 Å². The third kappa shape index (κ3) is 5.96. The number of rotatable bonds is 6. The fraction of sp³-hybridized carbons (Fsp3) is 0.294. The van der Waals surface area contributed by atoms with Gasteiger partial charge in [0.15, 0.2) is 0 Å². The van der Waals surface area contributed by atoms with Gasteiger partial charge < -0.3 is 10.1 Å². The molecule has 2 aromatic carbocycles. The number of ether oxygens (including phenoxy) is 1. The average Bonchev–Trinajstić information content (AvgIpc) is 2.45. The van der Waals surface area contributed by atoms with Gasteiger partial charge in [0.2, 0.25) is 0 Å². The van der Waals surface area contributed by atoms with Crippen LogP contribution in [0.3, 0.4) is 0 Å². The van der Waals surface area contributed by atoms with Gasteiger partial charge in [-0.05, 0) is 23.3 Å². The summed E-state index contributed by atoms with van der Waals surface area (Å²) < 4.78 is 5.75. The second-order valence-electron chi connectivity index (χ2n) is 5.07. The van der Waals surface area contributed by atoms with Gasteiger partial charge in [-0.3, -0.25) is 0 Å². The molecular weight excluding hydrogens is 305 g/mol. The highest BCUT2D eigenvalue weighted by Crippen LogP contribution is 2.26. The smallest absolute Gasteiger partial charge is 0.138 e. The molecule has 0 amide bonds. The summed E-state index contributed by atoms with van der Waals surface area (Å²) in [4.78, 5) is 0. The Morgan fingerprint density at radius 3 is 2.38 bits per heavy atom. The van der Waals surface area contributed by atoms with E-state index in [4.69, 9.17) is 16.3 Å². The van der Waals surface area contributed by atoms with Crippen LogP contribution in [0, 0.1) is 0 Å². The fourth-order valence-corrected chi connectivity index (χ4v) is 2.09. The molecule has 114 valence electrons. The first-order valence-corrected chi connectivity index (χ1v) is 7.21. The lowest BCUT2D eigenvalue weighted by atomic mass is 10.2. The zero-order valence-electron chi connectivity index (χ0n) is 12.3. The minimum absolute atomic E-state index is 0. The summed E-state index contributed by atoms with van der Waals surface area (Å²) in [6, 6.07) is 16.5. The van der Waals surface area contributed by atoms with Crippen LogP contribution in [0.5, 0.6) is 5.75 Å². The third-order valence-corrected chi connectivity index (χ3v) is 3.24. The summed E-state index contributed by atoms with van der Waals surface area (Å²) >= 11 is 6.26. The summed E-state index contributed by atoms with van der Waals surface area (Å²) in [5.74, 6) is 0.726. The van der Waals surface area contributed by atoms with Crippen molar-refractivity contribution in [2.24, 2.45) is 0 Å².